The Morgan fingerprint density at radius 3 is 1.85 bits per heavy atom. The Morgan fingerprint density at radius 1 is 0.434 bits per heavy atom. The van der Waals surface area contributed by atoms with Gasteiger partial charge in [-0.2, -0.15) is 0 Å². The molecule has 11 rings (SSSR count). The summed E-state index contributed by atoms with van der Waals surface area (Å²) in [5, 5.41) is 4.81. The fraction of sp³-hybridized carbons (Fsp3) is 0.0612. The van der Waals surface area contributed by atoms with Crippen LogP contribution in [0.4, 0.5) is 0 Å². The molecule has 0 aliphatic heterocycles. The minimum atomic E-state index is -0.116. The normalized spacial score (nSPS) is 13.2. The number of nitrogens with zero attached hydrogens (tertiary/aromatic N) is 4. The van der Waals surface area contributed by atoms with Crippen LogP contribution in [0.2, 0.25) is 0 Å². The molecule has 3 aromatic heterocycles. The molecule has 7 aromatic carbocycles. The molecule has 250 valence electrons. The predicted molar refractivity (Wildman–Crippen MR) is 219 cm³/mol. The van der Waals surface area contributed by atoms with Crippen molar-refractivity contribution in [3.05, 3.63) is 181 Å². The first-order chi connectivity index (χ1) is 26.1. The van der Waals surface area contributed by atoms with Crippen LogP contribution in [0.25, 0.3) is 88.9 Å². The van der Waals surface area contributed by atoms with Gasteiger partial charge in [0.05, 0.1) is 33.5 Å². The molecule has 0 N–H and O–H groups in total. The average molecular weight is 679 g/mol. The largest absolute Gasteiger partial charge is 0.309 e. The van der Waals surface area contributed by atoms with Crippen LogP contribution in [-0.2, 0) is 5.41 Å². The first-order valence-corrected chi connectivity index (χ1v) is 18.3. The van der Waals surface area contributed by atoms with E-state index in [2.05, 4.69) is 193 Å². The van der Waals surface area contributed by atoms with Gasteiger partial charge >= 0.3 is 0 Å². The summed E-state index contributed by atoms with van der Waals surface area (Å²) < 4.78 is 4.68. The minimum absolute atomic E-state index is 0.116. The summed E-state index contributed by atoms with van der Waals surface area (Å²) in [6.45, 7) is 4.66. The lowest BCUT2D eigenvalue weighted by molar-refractivity contribution is 0.660. The maximum atomic E-state index is 5.44. The topological polar surface area (TPSA) is 35.6 Å². The number of hydrogen-bond donors (Lipinski definition) is 0. The zero-order valence-electron chi connectivity index (χ0n) is 29.5. The SMILES string of the molecule is CC1(C)c2ccccc2-c2ccc(-c3cc(-c4ccccc4)nc(-n4c5ccccc5c5c4ccc4c6ccccc6n(-c6ccccc6)c45)n3)cc21. The van der Waals surface area contributed by atoms with Crippen LogP contribution in [0, 0.1) is 0 Å². The molecule has 0 fully saturated rings. The van der Waals surface area contributed by atoms with Crippen molar-refractivity contribution in [3.63, 3.8) is 0 Å². The Hall–Kier alpha value is -6.78. The zero-order valence-corrected chi connectivity index (χ0v) is 29.5. The third kappa shape index (κ3) is 4.30. The van der Waals surface area contributed by atoms with Gasteiger partial charge in [0.15, 0.2) is 0 Å². The second kappa shape index (κ2) is 11.1. The molecule has 10 aromatic rings. The van der Waals surface area contributed by atoms with E-state index in [0.717, 1.165) is 39.2 Å². The van der Waals surface area contributed by atoms with Gasteiger partial charge in [-0.15, -0.1) is 0 Å². The summed E-state index contributed by atoms with van der Waals surface area (Å²) >= 11 is 0. The molecule has 0 atom stereocenters. The molecular weight excluding hydrogens is 645 g/mol. The molecule has 1 aliphatic rings. The van der Waals surface area contributed by atoms with E-state index < -0.39 is 0 Å². The van der Waals surface area contributed by atoms with Crippen LogP contribution in [0.15, 0.2) is 170 Å². The molecule has 0 saturated carbocycles. The molecule has 0 radical (unpaired) electrons. The van der Waals surface area contributed by atoms with Crippen LogP contribution < -0.4 is 0 Å². The molecule has 0 amide bonds. The fourth-order valence-electron chi connectivity index (χ4n) is 8.87. The first-order valence-electron chi connectivity index (χ1n) is 18.3. The Morgan fingerprint density at radius 2 is 1.06 bits per heavy atom. The van der Waals surface area contributed by atoms with Crippen molar-refractivity contribution in [1.29, 1.82) is 0 Å². The predicted octanol–water partition coefficient (Wildman–Crippen LogP) is 12.3. The van der Waals surface area contributed by atoms with E-state index in [0.29, 0.717) is 5.95 Å². The van der Waals surface area contributed by atoms with Crippen molar-refractivity contribution in [2.24, 2.45) is 0 Å². The van der Waals surface area contributed by atoms with E-state index in [9.17, 15) is 0 Å². The third-order valence-corrected chi connectivity index (χ3v) is 11.3. The smallest absolute Gasteiger partial charge is 0.235 e. The Labute approximate surface area is 307 Å². The number of benzene rings is 7. The van der Waals surface area contributed by atoms with Crippen molar-refractivity contribution in [1.82, 2.24) is 19.1 Å². The lowest BCUT2D eigenvalue weighted by Crippen LogP contribution is -2.15. The average Bonchev–Trinajstić information content (AvgIpc) is 3.81. The standard InChI is InChI=1S/C49H34N4/c1-49(2)39-22-12-9-19-34(39)35-26-25-32(29-40(35)49)42-30-41(31-15-5-3-6-16-31)50-48(51-42)53-44-24-14-11-21-38(44)46-45(53)28-27-37-36-20-10-13-23-43(36)52(47(37)46)33-17-7-4-8-18-33/h3-30H,1-2H3. The van der Waals surface area contributed by atoms with E-state index in [1.807, 2.05) is 0 Å². The van der Waals surface area contributed by atoms with E-state index in [1.165, 1.54) is 54.8 Å². The summed E-state index contributed by atoms with van der Waals surface area (Å²) in [4.78, 5) is 10.8. The van der Waals surface area contributed by atoms with Crippen LogP contribution >= 0.6 is 0 Å². The van der Waals surface area contributed by atoms with Gasteiger partial charge in [-0.3, -0.25) is 4.57 Å². The number of hydrogen-bond acceptors (Lipinski definition) is 2. The zero-order chi connectivity index (χ0) is 35.3. The highest BCUT2D eigenvalue weighted by Crippen LogP contribution is 2.49. The van der Waals surface area contributed by atoms with Crippen molar-refractivity contribution in [2.75, 3.05) is 0 Å². The summed E-state index contributed by atoms with van der Waals surface area (Å²) in [6, 6.07) is 60.9. The molecule has 0 saturated heterocycles. The lowest BCUT2D eigenvalue weighted by Gasteiger charge is -2.22. The van der Waals surface area contributed by atoms with Gasteiger partial charge < -0.3 is 4.57 Å². The monoisotopic (exact) mass is 678 g/mol. The van der Waals surface area contributed by atoms with Crippen molar-refractivity contribution in [3.8, 4) is 45.3 Å². The highest BCUT2D eigenvalue weighted by atomic mass is 15.2. The third-order valence-electron chi connectivity index (χ3n) is 11.3. The summed E-state index contributed by atoms with van der Waals surface area (Å²) in [6.07, 6.45) is 0. The van der Waals surface area contributed by atoms with Crippen molar-refractivity contribution < 1.29 is 0 Å². The lowest BCUT2D eigenvalue weighted by atomic mass is 9.82. The van der Waals surface area contributed by atoms with Gasteiger partial charge in [-0.05, 0) is 64.7 Å². The van der Waals surface area contributed by atoms with E-state index in [4.69, 9.17) is 9.97 Å². The quantitative estimate of drug-likeness (QED) is 0.186. The maximum Gasteiger partial charge on any atom is 0.235 e. The molecule has 0 unspecified atom stereocenters. The van der Waals surface area contributed by atoms with Gasteiger partial charge in [0.1, 0.15) is 0 Å². The van der Waals surface area contributed by atoms with Gasteiger partial charge in [0, 0.05) is 43.8 Å². The van der Waals surface area contributed by atoms with Crippen LogP contribution in [0.3, 0.4) is 0 Å². The Balaban J connectivity index is 1.21. The fourth-order valence-corrected chi connectivity index (χ4v) is 8.87. The second-order valence-electron chi connectivity index (χ2n) is 14.6. The minimum Gasteiger partial charge on any atom is -0.309 e. The van der Waals surface area contributed by atoms with Gasteiger partial charge in [0.2, 0.25) is 5.95 Å². The van der Waals surface area contributed by atoms with Crippen LogP contribution in [0.5, 0.6) is 0 Å². The molecule has 0 bridgehead atoms. The number of para-hydroxylation sites is 3. The molecule has 4 heteroatoms. The molecule has 1 aliphatic carbocycles. The first kappa shape index (κ1) is 29.9. The molecular formula is C49H34N4. The highest BCUT2D eigenvalue weighted by molar-refractivity contribution is 6.26. The Kier molecular flexibility index (Phi) is 6.27. The molecule has 3 heterocycles. The summed E-state index contributed by atoms with van der Waals surface area (Å²) in [5.74, 6) is 0.650. The molecule has 53 heavy (non-hydrogen) atoms. The highest BCUT2D eigenvalue weighted by Gasteiger charge is 2.35. The molecule has 4 nitrogen and oxygen atoms in total. The van der Waals surface area contributed by atoms with Crippen molar-refractivity contribution in [2.45, 2.75) is 19.3 Å². The summed E-state index contributed by atoms with van der Waals surface area (Å²) in [5.41, 5.74) is 14.8. The maximum absolute atomic E-state index is 5.44. The number of fused-ring (bicyclic) bond motifs is 10. The van der Waals surface area contributed by atoms with Crippen LogP contribution in [-0.4, -0.2) is 19.1 Å². The van der Waals surface area contributed by atoms with Gasteiger partial charge in [-0.25, -0.2) is 9.97 Å². The van der Waals surface area contributed by atoms with Gasteiger partial charge in [-0.1, -0.05) is 141 Å². The summed E-state index contributed by atoms with van der Waals surface area (Å²) in [7, 11) is 0. The molecule has 0 spiro atoms. The van der Waals surface area contributed by atoms with E-state index >= 15 is 0 Å². The van der Waals surface area contributed by atoms with E-state index in [1.54, 1.807) is 0 Å². The Bertz CT molecular complexity index is 3080. The number of aromatic nitrogens is 4. The van der Waals surface area contributed by atoms with E-state index in [-0.39, 0.29) is 5.41 Å². The van der Waals surface area contributed by atoms with Gasteiger partial charge in [0.25, 0.3) is 0 Å². The number of rotatable bonds is 4. The van der Waals surface area contributed by atoms with Crippen LogP contribution in [0.1, 0.15) is 25.0 Å². The van der Waals surface area contributed by atoms with Crippen molar-refractivity contribution >= 4 is 43.6 Å². The second-order valence-corrected chi connectivity index (χ2v) is 14.6.